The molecule has 2 aromatic carbocycles. The van der Waals surface area contributed by atoms with Gasteiger partial charge in [0.1, 0.15) is 0 Å². The van der Waals surface area contributed by atoms with Gasteiger partial charge in [0.2, 0.25) is 5.91 Å². The Morgan fingerprint density at radius 3 is 2.42 bits per heavy atom. The molecule has 0 aromatic heterocycles. The first kappa shape index (κ1) is 19.3. The highest BCUT2D eigenvalue weighted by atomic mass is 19.1. The van der Waals surface area contributed by atoms with Crippen LogP contribution in [0.2, 0.25) is 0 Å². The van der Waals surface area contributed by atoms with Crippen molar-refractivity contribution in [2.75, 3.05) is 21.3 Å². The molecule has 0 fully saturated rings. The van der Waals surface area contributed by atoms with Crippen LogP contribution in [0.3, 0.4) is 0 Å². The molecule has 0 radical (unpaired) electrons. The summed E-state index contributed by atoms with van der Waals surface area (Å²) in [6.45, 7) is 1.78. The first-order chi connectivity index (χ1) is 12.5. The van der Waals surface area contributed by atoms with E-state index in [1.807, 2.05) is 12.1 Å². The predicted octanol–water partition coefficient (Wildman–Crippen LogP) is 3.74. The van der Waals surface area contributed by atoms with Gasteiger partial charge in [-0.25, -0.2) is 4.39 Å². The first-order valence-electron chi connectivity index (χ1n) is 8.03. The van der Waals surface area contributed by atoms with E-state index in [0.29, 0.717) is 22.6 Å². The van der Waals surface area contributed by atoms with Crippen molar-refractivity contribution >= 4 is 12.0 Å². The molecule has 0 unspecified atom stereocenters. The van der Waals surface area contributed by atoms with Crippen LogP contribution < -0.4 is 19.5 Å². The zero-order chi connectivity index (χ0) is 19.1. The lowest BCUT2D eigenvalue weighted by atomic mass is 10.1. The maximum absolute atomic E-state index is 13.8. The molecule has 2 rings (SSSR count). The molecule has 1 amide bonds. The van der Waals surface area contributed by atoms with Crippen molar-refractivity contribution < 1.29 is 23.4 Å². The van der Waals surface area contributed by atoms with Crippen LogP contribution in [0.15, 0.2) is 42.5 Å². The van der Waals surface area contributed by atoms with Crippen LogP contribution in [0.1, 0.15) is 24.1 Å². The van der Waals surface area contributed by atoms with Gasteiger partial charge in [0.25, 0.3) is 0 Å². The van der Waals surface area contributed by atoms with Crippen LogP contribution in [-0.2, 0) is 4.79 Å². The Hall–Kier alpha value is -3.02. The number of carbonyl (C=O) groups is 1. The highest BCUT2D eigenvalue weighted by Crippen LogP contribution is 2.31. The summed E-state index contributed by atoms with van der Waals surface area (Å²) in [4.78, 5) is 12.2. The summed E-state index contributed by atoms with van der Waals surface area (Å²) >= 11 is 0. The second kappa shape index (κ2) is 8.89. The van der Waals surface area contributed by atoms with E-state index in [0.717, 1.165) is 0 Å². The maximum Gasteiger partial charge on any atom is 0.244 e. The molecule has 138 valence electrons. The minimum Gasteiger partial charge on any atom is -0.494 e. The molecule has 0 spiro atoms. The lowest BCUT2D eigenvalue weighted by molar-refractivity contribution is -0.117. The van der Waals surface area contributed by atoms with E-state index >= 15 is 0 Å². The minimum atomic E-state index is -0.470. The van der Waals surface area contributed by atoms with Gasteiger partial charge in [0, 0.05) is 11.6 Å². The molecule has 0 aliphatic heterocycles. The fraction of sp³-hybridized carbons (Fsp3) is 0.250. The van der Waals surface area contributed by atoms with E-state index < -0.39 is 5.82 Å². The molecule has 0 saturated carbocycles. The Morgan fingerprint density at radius 1 is 1.08 bits per heavy atom. The highest BCUT2D eigenvalue weighted by molar-refractivity contribution is 5.92. The van der Waals surface area contributed by atoms with Gasteiger partial charge in [-0.3, -0.25) is 4.79 Å². The van der Waals surface area contributed by atoms with Crippen LogP contribution in [-0.4, -0.2) is 27.2 Å². The summed E-state index contributed by atoms with van der Waals surface area (Å²) in [6, 6.07) is 9.62. The molecular weight excluding hydrogens is 337 g/mol. The topological polar surface area (TPSA) is 56.8 Å². The number of benzene rings is 2. The van der Waals surface area contributed by atoms with Crippen LogP contribution >= 0.6 is 0 Å². The Bertz CT molecular complexity index is 804. The smallest absolute Gasteiger partial charge is 0.244 e. The SMILES string of the molecule is COc1ccc([C@H](C)NC(=O)/C=C/c2cccc(OC)c2OC)cc1F. The molecule has 26 heavy (non-hydrogen) atoms. The Morgan fingerprint density at radius 2 is 1.81 bits per heavy atom. The number of carbonyl (C=O) groups excluding carboxylic acids is 1. The summed E-state index contributed by atoms with van der Waals surface area (Å²) in [6.07, 6.45) is 3.03. The molecule has 2 aromatic rings. The van der Waals surface area contributed by atoms with Gasteiger partial charge < -0.3 is 19.5 Å². The van der Waals surface area contributed by atoms with Crippen molar-refractivity contribution in [3.05, 3.63) is 59.4 Å². The van der Waals surface area contributed by atoms with E-state index in [2.05, 4.69) is 5.32 Å². The first-order valence-corrected chi connectivity index (χ1v) is 8.03. The number of ether oxygens (including phenoxy) is 3. The second-order valence-corrected chi connectivity index (χ2v) is 5.54. The van der Waals surface area contributed by atoms with Gasteiger partial charge in [0.05, 0.1) is 27.4 Å². The average Bonchev–Trinajstić information content (AvgIpc) is 2.65. The van der Waals surface area contributed by atoms with E-state index in [4.69, 9.17) is 14.2 Å². The fourth-order valence-electron chi connectivity index (χ4n) is 2.51. The quantitative estimate of drug-likeness (QED) is 0.765. The maximum atomic E-state index is 13.8. The van der Waals surface area contributed by atoms with Crippen LogP contribution in [0, 0.1) is 5.82 Å². The minimum absolute atomic E-state index is 0.164. The third-order valence-electron chi connectivity index (χ3n) is 3.88. The highest BCUT2D eigenvalue weighted by Gasteiger charge is 2.12. The molecule has 1 N–H and O–H groups in total. The Kier molecular flexibility index (Phi) is 6.60. The molecule has 0 aliphatic carbocycles. The van der Waals surface area contributed by atoms with E-state index in [9.17, 15) is 9.18 Å². The summed E-state index contributed by atoms with van der Waals surface area (Å²) in [7, 11) is 4.49. The molecule has 0 bridgehead atoms. The molecule has 0 saturated heterocycles. The number of nitrogens with one attached hydrogen (secondary N) is 1. The van der Waals surface area contributed by atoms with Gasteiger partial charge in [-0.15, -0.1) is 0 Å². The number of para-hydroxylation sites is 1. The van der Waals surface area contributed by atoms with Gasteiger partial charge in [-0.1, -0.05) is 18.2 Å². The fourth-order valence-corrected chi connectivity index (χ4v) is 2.51. The molecular formula is C20H22FNO4. The third kappa shape index (κ3) is 4.53. The van der Waals surface area contributed by atoms with E-state index in [1.165, 1.54) is 32.4 Å². The van der Waals surface area contributed by atoms with Crippen LogP contribution in [0.4, 0.5) is 4.39 Å². The number of amides is 1. The lowest BCUT2D eigenvalue weighted by Crippen LogP contribution is -2.24. The van der Waals surface area contributed by atoms with Gasteiger partial charge in [0.15, 0.2) is 23.1 Å². The van der Waals surface area contributed by atoms with Crippen molar-refractivity contribution in [3.63, 3.8) is 0 Å². The Balaban J connectivity index is 2.09. The number of hydrogen-bond acceptors (Lipinski definition) is 4. The molecule has 5 nitrogen and oxygen atoms in total. The van der Waals surface area contributed by atoms with Gasteiger partial charge in [-0.05, 0) is 36.8 Å². The van der Waals surface area contributed by atoms with Crippen LogP contribution in [0.5, 0.6) is 17.2 Å². The lowest BCUT2D eigenvalue weighted by Gasteiger charge is -2.14. The largest absolute Gasteiger partial charge is 0.494 e. The number of halogens is 1. The van der Waals surface area contributed by atoms with Crippen molar-refractivity contribution in [3.8, 4) is 17.2 Å². The summed E-state index contributed by atoms with van der Waals surface area (Å²) in [5.74, 6) is 0.514. The Labute approximate surface area is 152 Å². The zero-order valence-corrected chi connectivity index (χ0v) is 15.2. The molecule has 6 heteroatoms. The number of methoxy groups -OCH3 is 3. The zero-order valence-electron chi connectivity index (χ0n) is 15.2. The van der Waals surface area contributed by atoms with Gasteiger partial charge >= 0.3 is 0 Å². The van der Waals surface area contributed by atoms with Crippen molar-refractivity contribution in [1.29, 1.82) is 0 Å². The summed E-state index contributed by atoms with van der Waals surface area (Å²) < 4.78 is 29.2. The predicted molar refractivity (Wildman–Crippen MR) is 98.1 cm³/mol. The molecule has 0 heterocycles. The van der Waals surface area contributed by atoms with Crippen molar-refractivity contribution in [2.24, 2.45) is 0 Å². The van der Waals surface area contributed by atoms with Crippen molar-refractivity contribution in [1.82, 2.24) is 5.32 Å². The van der Waals surface area contributed by atoms with Crippen LogP contribution in [0.25, 0.3) is 6.08 Å². The second-order valence-electron chi connectivity index (χ2n) is 5.54. The normalized spacial score (nSPS) is 11.9. The number of rotatable bonds is 7. The molecule has 0 aliphatic rings. The van der Waals surface area contributed by atoms with Gasteiger partial charge in [-0.2, -0.15) is 0 Å². The van der Waals surface area contributed by atoms with E-state index in [-0.39, 0.29) is 17.7 Å². The van der Waals surface area contributed by atoms with Crippen molar-refractivity contribution in [2.45, 2.75) is 13.0 Å². The van der Waals surface area contributed by atoms with E-state index in [1.54, 1.807) is 32.2 Å². The summed E-state index contributed by atoms with van der Waals surface area (Å²) in [5.41, 5.74) is 1.36. The average molecular weight is 359 g/mol. The third-order valence-corrected chi connectivity index (χ3v) is 3.88. The monoisotopic (exact) mass is 359 g/mol. The molecule has 1 atom stereocenters. The summed E-state index contributed by atoms with van der Waals surface area (Å²) in [5, 5.41) is 2.79. The number of hydrogen-bond donors (Lipinski definition) is 1. The standard InChI is InChI=1S/C20H22FNO4/c1-13(15-8-10-17(24-2)16(21)12-15)22-19(23)11-9-14-6-5-7-18(25-3)20(14)26-4/h5-13H,1-4H3,(H,22,23)/b11-9+/t13-/m0/s1.